The maximum Gasteiger partial charge on any atom is 0.0492 e. The molecule has 0 bridgehead atoms. The highest BCUT2D eigenvalue weighted by molar-refractivity contribution is 6.20. The summed E-state index contributed by atoms with van der Waals surface area (Å²) in [5.41, 5.74) is 1.29. The Bertz CT molecular complexity index is 268. The standard InChI is InChI=1S/C11H19ClN2/c1-9(2)11(12)6-4-5-10-7-8-13-14(10)3/h7-9,11H,4-6H2,1-3H3. The van der Waals surface area contributed by atoms with Gasteiger partial charge in [0.1, 0.15) is 0 Å². The molecule has 1 aromatic rings. The lowest BCUT2D eigenvalue weighted by molar-refractivity contribution is 0.540. The summed E-state index contributed by atoms with van der Waals surface area (Å²) in [6.45, 7) is 4.34. The van der Waals surface area contributed by atoms with E-state index in [9.17, 15) is 0 Å². The van der Waals surface area contributed by atoms with E-state index in [1.54, 1.807) is 0 Å². The fourth-order valence-corrected chi connectivity index (χ4v) is 1.61. The Morgan fingerprint density at radius 2 is 2.21 bits per heavy atom. The van der Waals surface area contributed by atoms with Crippen molar-refractivity contribution >= 4 is 11.6 Å². The number of alkyl halides is 1. The Labute approximate surface area is 91.3 Å². The van der Waals surface area contributed by atoms with Gasteiger partial charge in [-0.15, -0.1) is 11.6 Å². The molecule has 1 unspecified atom stereocenters. The maximum atomic E-state index is 6.17. The number of nitrogens with zero attached hydrogens (tertiary/aromatic N) is 2. The molecular weight excluding hydrogens is 196 g/mol. The quantitative estimate of drug-likeness (QED) is 0.690. The van der Waals surface area contributed by atoms with Gasteiger partial charge in [0.05, 0.1) is 0 Å². The fourth-order valence-electron chi connectivity index (χ4n) is 1.46. The van der Waals surface area contributed by atoms with Gasteiger partial charge in [-0.1, -0.05) is 13.8 Å². The van der Waals surface area contributed by atoms with E-state index in [-0.39, 0.29) is 0 Å². The normalized spacial score (nSPS) is 13.5. The van der Waals surface area contributed by atoms with E-state index in [1.807, 2.05) is 17.9 Å². The van der Waals surface area contributed by atoms with Gasteiger partial charge in [0, 0.05) is 24.3 Å². The van der Waals surface area contributed by atoms with Crippen LogP contribution in [-0.4, -0.2) is 15.2 Å². The lowest BCUT2D eigenvalue weighted by Crippen LogP contribution is -2.08. The molecule has 1 aromatic heterocycles. The van der Waals surface area contributed by atoms with Gasteiger partial charge in [0.2, 0.25) is 0 Å². The van der Waals surface area contributed by atoms with Crippen LogP contribution >= 0.6 is 11.6 Å². The molecule has 0 aromatic carbocycles. The fraction of sp³-hybridized carbons (Fsp3) is 0.727. The van der Waals surface area contributed by atoms with Crippen LogP contribution in [0.1, 0.15) is 32.4 Å². The monoisotopic (exact) mass is 214 g/mol. The van der Waals surface area contributed by atoms with E-state index in [0.29, 0.717) is 11.3 Å². The molecule has 1 atom stereocenters. The lowest BCUT2D eigenvalue weighted by atomic mass is 10.0. The van der Waals surface area contributed by atoms with Crippen LogP contribution in [0.2, 0.25) is 0 Å². The Morgan fingerprint density at radius 3 is 2.71 bits per heavy atom. The van der Waals surface area contributed by atoms with Crippen molar-refractivity contribution in [3.63, 3.8) is 0 Å². The third-order valence-electron chi connectivity index (χ3n) is 2.56. The van der Waals surface area contributed by atoms with Crippen molar-refractivity contribution in [1.29, 1.82) is 0 Å². The predicted molar refractivity (Wildman–Crippen MR) is 60.6 cm³/mol. The molecule has 0 fully saturated rings. The van der Waals surface area contributed by atoms with Crippen LogP contribution < -0.4 is 0 Å². The van der Waals surface area contributed by atoms with Crippen molar-refractivity contribution in [2.24, 2.45) is 13.0 Å². The van der Waals surface area contributed by atoms with Crippen LogP contribution in [-0.2, 0) is 13.5 Å². The van der Waals surface area contributed by atoms with Gasteiger partial charge in [-0.05, 0) is 31.2 Å². The average molecular weight is 215 g/mol. The average Bonchev–Trinajstić information content (AvgIpc) is 2.51. The Hall–Kier alpha value is -0.500. The van der Waals surface area contributed by atoms with Gasteiger partial charge in [0.15, 0.2) is 0 Å². The van der Waals surface area contributed by atoms with E-state index in [4.69, 9.17) is 11.6 Å². The van der Waals surface area contributed by atoms with Gasteiger partial charge in [0.25, 0.3) is 0 Å². The van der Waals surface area contributed by atoms with Crippen LogP contribution in [0.3, 0.4) is 0 Å². The van der Waals surface area contributed by atoms with Crippen molar-refractivity contribution in [3.8, 4) is 0 Å². The highest BCUT2D eigenvalue weighted by Crippen LogP contribution is 2.16. The first kappa shape index (κ1) is 11.6. The molecule has 0 spiro atoms. The summed E-state index contributed by atoms with van der Waals surface area (Å²) in [7, 11) is 1.98. The second-order valence-electron chi connectivity index (χ2n) is 4.10. The highest BCUT2D eigenvalue weighted by Gasteiger charge is 2.09. The Morgan fingerprint density at radius 1 is 1.50 bits per heavy atom. The molecule has 0 amide bonds. The highest BCUT2D eigenvalue weighted by atomic mass is 35.5. The first-order valence-corrected chi connectivity index (χ1v) is 5.66. The SMILES string of the molecule is CC(C)C(Cl)CCCc1ccnn1C. The number of rotatable bonds is 5. The molecule has 0 radical (unpaired) electrons. The second kappa shape index (κ2) is 5.40. The van der Waals surface area contributed by atoms with Crippen LogP contribution in [0.4, 0.5) is 0 Å². The van der Waals surface area contributed by atoms with E-state index < -0.39 is 0 Å². The minimum Gasteiger partial charge on any atom is -0.273 e. The first-order chi connectivity index (χ1) is 6.61. The minimum atomic E-state index is 0.309. The molecule has 80 valence electrons. The van der Waals surface area contributed by atoms with Crippen molar-refractivity contribution in [2.75, 3.05) is 0 Å². The van der Waals surface area contributed by atoms with E-state index in [1.165, 1.54) is 5.69 Å². The third kappa shape index (κ3) is 3.33. The van der Waals surface area contributed by atoms with Crippen LogP contribution in [0.15, 0.2) is 12.3 Å². The topological polar surface area (TPSA) is 17.8 Å². The first-order valence-electron chi connectivity index (χ1n) is 5.22. The maximum absolute atomic E-state index is 6.17. The summed E-state index contributed by atoms with van der Waals surface area (Å²) >= 11 is 6.17. The summed E-state index contributed by atoms with van der Waals surface area (Å²) in [5, 5.41) is 4.44. The summed E-state index contributed by atoms with van der Waals surface area (Å²) in [6.07, 6.45) is 5.15. The van der Waals surface area contributed by atoms with Crippen molar-refractivity contribution in [2.45, 2.75) is 38.5 Å². The smallest absolute Gasteiger partial charge is 0.0492 e. The molecule has 0 saturated carbocycles. The predicted octanol–water partition coefficient (Wildman–Crippen LogP) is 3.01. The summed E-state index contributed by atoms with van der Waals surface area (Å²) in [4.78, 5) is 0. The molecule has 3 heteroatoms. The summed E-state index contributed by atoms with van der Waals surface area (Å²) in [5.74, 6) is 0.572. The minimum absolute atomic E-state index is 0.309. The molecule has 1 rings (SSSR count). The molecular formula is C11H19ClN2. The zero-order chi connectivity index (χ0) is 10.6. The van der Waals surface area contributed by atoms with Gasteiger partial charge < -0.3 is 0 Å². The zero-order valence-electron chi connectivity index (χ0n) is 9.20. The van der Waals surface area contributed by atoms with Crippen LogP contribution in [0, 0.1) is 5.92 Å². The van der Waals surface area contributed by atoms with E-state index in [2.05, 4.69) is 25.0 Å². The number of aryl methyl sites for hydroxylation is 2. The summed E-state index contributed by atoms with van der Waals surface area (Å²) in [6, 6.07) is 2.07. The number of halogens is 1. The largest absolute Gasteiger partial charge is 0.273 e. The van der Waals surface area contributed by atoms with Crippen molar-refractivity contribution in [3.05, 3.63) is 18.0 Å². The van der Waals surface area contributed by atoms with E-state index in [0.717, 1.165) is 19.3 Å². The van der Waals surface area contributed by atoms with Gasteiger partial charge >= 0.3 is 0 Å². The van der Waals surface area contributed by atoms with Crippen LogP contribution in [0.5, 0.6) is 0 Å². The third-order valence-corrected chi connectivity index (χ3v) is 3.28. The van der Waals surface area contributed by atoms with Gasteiger partial charge in [-0.2, -0.15) is 5.10 Å². The molecule has 14 heavy (non-hydrogen) atoms. The molecule has 0 aliphatic carbocycles. The van der Waals surface area contributed by atoms with Crippen molar-refractivity contribution in [1.82, 2.24) is 9.78 Å². The molecule has 0 aliphatic heterocycles. The van der Waals surface area contributed by atoms with E-state index >= 15 is 0 Å². The Balaban J connectivity index is 2.25. The van der Waals surface area contributed by atoms with Crippen LogP contribution in [0.25, 0.3) is 0 Å². The second-order valence-corrected chi connectivity index (χ2v) is 4.66. The number of hydrogen-bond acceptors (Lipinski definition) is 1. The molecule has 0 aliphatic rings. The zero-order valence-corrected chi connectivity index (χ0v) is 9.96. The number of hydrogen-bond donors (Lipinski definition) is 0. The molecule has 0 N–H and O–H groups in total. The lowest BCUT2D eigenvalue weighted by Gasteiger charge is -2.12. The van der Waals surface area contributed by atoms with Gasteiger partial charge in [-0.3, -0.25) is 4.68 Å². The van der Waals surface area contributed by atoms with Gasteiger partial charge in [-0.25, -0.2) is 0 Å². The number of aromatic nitrogens is 2. The molecule has 1 heterocycles. The Kier molecular flexibility index (Phi) is 4.46. The van der Waals surface area contributed by atoms with Crippen molar-refractivity contribution < 1.29 is 0 Å². The summed E-state index contributed by atoms with van der Waals surface area (Å²) < 4.78 is 1.93. The molecule has 0 saturated heterocycles. The molecule has 2 nitrogen and oxygen atoms in total.